The Morgan fingerprint density at radius 2 is 2.00 bits per heavy atom. The second-order valence-corrected chi connectivity index (χ2v) is 6.02. The maximum absolute atomic E-state index is 12.2. The minimum atomic E-state index is -0.432. The van der Waals surface area contributed by atoms with Crippen LogP contribution < -0.4 is 20.7 Å². The first-order chi connectivity index (χ1) is 11.5. The van der Waals surface area contributed by atoms with Gasteiger partial charge in [0.2, 0.25) is 11.8 Å². The minimum Gasteiger partial charge on any atom is -0.497 e. The Morgan fingerprint density at radius 1 is 1.32 bits per heavy atom. The Balaban J connectivity index is 0.00000312. The molecule has 1 saturated heterocycles. The molecule has 3 atom stereocenters. The fourth-order valence-corrected chi connectivity index (χ4v) is 2.76. The van der Waals surface area contributed by atoms with E-state index in [1.807, 2.05) is 12.1 Å². The van der Waals surface area contributed by atoms with Gasteiger partial charge in [-0.2, -0.15) is 0 Å². The number of carbonyl (C=O) groups excluding carboxylic acids is 2. The van der Waals surface area contributed by atoms with E-state index in [0.29, 0.717) is 25.4 Å². The summed E-state index contributed by atoms with van der Waals surface area (Å²) in [5.41, 5.74) is 0.837. The van der Waals surface area contributed by atoms with E-state index in [4.69, 9.17) is 4.74 Å². The lowest BCUT2D eigenvalue weighted by atomic mass is 10.0. The lowest BCUT2D eigenvalue weighted by Crippen LogP contribution is -2.37. The van der Waals surface area contributed by atoms with Crippen LogP contribution in [0.15, 0.2) is 24.3 Å². The summed E-state index contributed by atoms with van der Waals surface area (Å²) in [6.07, 6.45) is -0.291. The summed E-state index contributed by atoms with van der Waals surface area (Å²) in [6.45, 7) is 3.09. The molecule has 0 radical (unpaired) electrons. The van der Waals surface area contributed by atoms with Crippen molar-refractivity contribution in [3.05, 3.63) is 29.8 Å². The maximum atomic E-state index is 12.2. The van der Waals surface area contributed by atoms with Gasteiger partial charge in [0.1, 0.15) is 5.75 Å². The summed E-state index contributed by atoms with van der Waals surface area (Å²) in [6, 6.07) is 6.85. The topological polar surface area (TPSA) is 99.7 Å². The van der Waals surface area contributed by atoms with Crippen molar-refractivity contribution in [3.8, 4) is 5.75 Å². The summed E-state index contributed by atoms with van der Waals surface area (Å²) < 4.78 is 5.12. The Kier molecular flexibility index (Phi) is 8.68. The quantitative estimate of drug-likeness (QED) is 0.555. The van der Waals surface area contributed by atoms with Crippen LogP contribution in [-0.2, 0) is 9.59 Å². The van der Waals surface area contributed by atoms with Crippen LogP contribution in [-0.4, -0.2) is 49.8 Å². The highest BCUT2D eigenvalue weighted by atomic mass is 35.5. The van der Waals surface area contributed by atoms with E-state index >= 15 is 0 Å². The molecule has 0 spiro atoms. The van der Waals surface area contributed by atoms with Gasteiger partial charge in [-0.1, -0.05) is 12.1 Å². The average Bonchev–Trinajstić information content (AvgIpc) is 2.97. The van der Waals surface area contributed by atoms with Crippen LogP contribution in [0.1, 0.15) is 24.9 Å². The molecular weight excluding hydrogens is 346 g/mol. The normalized spacial score (nSPS) is 20.3. The molecule has 1 aromatic carbocycles. The van der Waals surface area contributed by atoms with Crippen LogP contribution in [0.3, 0.4) is 0 Å². The molecule has 4 N–H and O–H groups in total. The summed E-state index contributed by atoms with van der Waals surface area (Å²) in [5, 5.41) is 18.5. The fourth-order valence-electron chi connectivity index (χ4n) is 2.76. The number of hydrogen-bond acceptors (Lipinski definition) is 5. The molecule has 1 aliphatic rings. The molecule has 7 nitrogen and oxygen atoms in total. The fraction of sp³-hybridized carbons (Fsp3) is 0.529. The number of amides is 2. The van der Waals surface area contributed by atoms with Crippen LogP contribution in [0.2, 0.25) is 0 Å². The number of β-amino-alcohol motifs (C(OH)–C–C–N with tert-alkyl or cyclic N) is 1. The number of halogens is 1. The molecule has 0 aliphatic carbocycles. The zero-order valence-corrected chi connectivity index (χ0v) is 15.3. The summed E-state index contributed by atoms with van der Waals surface area (Å²) in [5.74, 6) is 0.379. The van der Waals surface area contributed by atoms with Gasteiger partial charge in [-0.15, -0.1) is 12.4 Å². The van der Waals surface area contributed by atoms with Crippen molar-refractivity contribution in [3.63, 3.8) is 0 Å². The smallest absolute Gasteiger partial charge is 0.222 e. The predicted octanol–water partition coefficient (Wildman–Crippen LogP) is 0.381. The van der Waals surface area contributed by atoms with Crippen molar-refractivity contribution in [2.24, 2.45) is 5.92 Å². The largest absolute Gasteiger partial charge is 0.497 e. The lowest BCUT2D eigenvalue weighted by Gasteiger charge is -2.20. The Labute approximate surface area is 153 Å². The molecule has 25 heavy (non-hydrogen) atoms. The molecule has 0 saturated carbocycles. The van der Waals surface area contributed by atoms with E-state index in [2.05, 4.69) is 16.0 Å². The van der Waals surface area contributed by atoms with Gasteiger partial charge < -0.3 is 25.8 Å². The average molecular weight is 372 g/mol. The molecule has 0 aromatic heterocycles. The van der Waals surface area contributed by atoms with E-state index in [-0.39, 0.29) is 36.6 Å². The number of hydrogen-bond donors (Lipinski definition) is 4. The number of nitrogens with one attached hydrogen (secondary N) is 3. The number of aliphatic hydroxyl groups excluding tert-OH is 1. The summed E-state index contributed by atoms with van der Waals surface area (Å²) in [4.78, 5) is 23.6. The molecule has 3 unspecified atom stereocenters. The Hall–Kier alpha value is -1.83. The third kappa shape index (κ3) is 6.53. The molecular formula is C17H26ClN3O4. The van der Waals surface area contributed by atoms with E-state index in [9.17, 15) is 14.7 Å². The van der Waals surface area contributed by atoms with Crippen LogP contribution in [0, 0.1) is 5.92 Å². The number of ether oxygens (including phenoxy) is 1. The van der Waals surface area contributed by atoms with Crippen LogP contribution in [0.5, 0.6) is 5.75 Å². The van der Waals surface area contributed by atoms with Crippen molar-refractivity contribution in [1.82, 2.24) is 16.0 Å². The van der Waals surface area contributed by atoms with Crippen molar-refractivity contribution in [2.75, 3.05) is 26.7 Å². The van der Waals surface area contributed by atoms with Gasteiger partial charge in [0.15, 0.2) is 0 Å². The molecule has 1 heterocycles. The second kappa shape index (κ2) is 10.2. The van der Waals surface area contributed by atoms with Crippen molar-refractivity contribution < 1.29 is 19.4 Å². The molecule has 2 amide bonds. The van der Waals surface area contributed by atoms with E-state index in [0.717, 1.165) is 5.56 Å². The van der Waals surface area contributed by atoms with Crippen LogP contribution in [0.25, 0.3) is 0 Å². The number of aliphatic hydroxyl groups is 1. The van der Waals surface area contributed by atoms with Crippen LogP contribution in [0.4, 0.5) is 0 Å². The first-order valence-corrected chi connectivity index (χ1v) is 8.06. The molecule has 2 rings (SSSR count). The molecule has 140 valence electrons. The van der Waals surface area contributed by atoms with Gasteiger partial charge in [-0.3, -0.25) is 9.59 Å². The number of benzene rings is 1. The highest BCUT2D eigenvalue weighted by Gasteiger charge is 2.25. The van der Waals surface area contributed by atoms with E-state index in [1.165, 1.54) is 6.92 Å². The third-order valence-corrected chi connectivity index (χ3v) is 4.15. The standard InChI is InChI=1S/C17H25N3O4.ClH/c1-11(21)20-15(12-3-5-14(24-2)6-4-12)7-17(23)19-9-13-8-18-10-16(13)22;/h3-6,13,15-16,18,22H,7-10H2,1-2H3,(H,19,23)(H,20,21);1H. The van der Waals surface area contributed by atoms with Crippen molar-refractivity contribution in [1.29, 1.82) is 0 Å². The summed E-state index contributed by atoms with van der Waals surface area (Å²) in [7, 11) is 1.58. The SMILES string of the molecule is COc1ccc(C(CC(=O)NCC2CNCC2O)NC(C)=O)cc1.Cl. The zero-order valence-electron chi connectivity index (χ0n) is 14.5. The monoisotopic (exact) mass is 371 g/mol. The Morgan fingerprint density at radius 3 is 2.52 bits per heavy atom. The van der Waals surface area contributed by atoms with Gasteiger partial charge in [0.05, 0.1) is 25.7 Å². The van der Waals surface area contributed by atoms with Gasteiger partial charge in [-0.25, -0.2) is 0 Å². The molecule has 1 fully saturated rings. The number of rotatable bonds is 7. The summed E-state index contributed by atoms with van der Waals surface area (Å²) >= 11 is 0. The highest BCUT2D eigenvalue weighted by molar-refractivity contribution is 5.85. The third-order valence-electron chi connectivity index (χ3n) is 4.15. The van der Waals surface area contributed by atoms with E-state index < -0.39 is 12.1 Å². The Bertz CT molecular complexity index is 568. The van der Waals surface area contributed by atoms with Gasteiger partial charge in [0, 0.05) is 32.5 Å². The minimum absolute atomic E-state index is 0. The molecule has 0 bridgehead atoms. The maximum Gasteiger partial charge on any atom is 0.222 e. The first-order valence-electron chi connectivity index (χ1n) is 8.06. The van der Waals surface area contributed by atoms with Crippen LogP contribution >= 0.6 is 12.4 Å². The molecule has 8 heteroatoms. The van der Waals surface area contributed by atoms with Crippen molar-refractivity contribution in [2.45, 2.75) is 25.5 Å². The predicted molar refractivity (Wildman–Crippen MR) is 96.8 cm³/mol. The van der Waals surface area contributed by atoms with Gasteiger partial charge in [0.25, 0.3) is 0 Å². The van der Waals surface area contributed by atoms with Gasteiger partial charge >= 0.3 is 0 Å². The molecule has 1 aliphatic heterocycles. The van der Waals surface area contributed by atoms with E-state index in [1.54, 1.807) is 19.2 Å². The first kappa shape index (κ1) is 21.2. The van der Waals surface area contributed by atoms with Crippen molar-refractivity contribution >= 4 is 24.2 Å². The molecule has 1 aromatic rings. The lowest BCUT2D eigenvalue weighted by molar-refractivity contribution is -0.123. The van der Waals surface area contributed by atoms with Gasteiger partial charge in [-0.05, 0) is 17.7 Å². The highest BCUT2D eigenvalue weighted by Crippen LogP contribution is 2.20. The number of carbonyl (C=O) groups is 2. The second-order valence-electron chi connectivity index (χ2n) is 6.02. The zero-order chi connectivity index (χ0) is 17.5. The number of methoxy groups -OCH3 is 1.